The molecule has 2 heterocycles. The average Bonchev–Trinajstić information content (AvgIpc) is 2.53. The van der Waals surface area contributed by atoms with Crippen molar-refractivity contribution in [2.75, 3.05) is 5.73 Å². The third-order valence-electron chi connectivity index (χ3n) is 2.26. The van der Waals surface area contributed by atoms with Gasteiger partial charge < -0.3 is 15.2 Å². The van der Waals surface area contributed by atoms with E-state index in [4.69, 9.17) is 22.4 Å². The molecular weight excluding hydrogens is 230 g/mol. The quantitative estimate of drug-likeness (QED) is 0.852. The second-order valence-electron chi connectivity index (χ2n) is 3.43. The summed E-state index contributed by atoms with van der Waals surface area (Å²) in [4.78, 5) is 14.6. The number of rotatable bonds is 3. The van der Waals surface area contributed by atoms with E-state index in [0.717, 1.165) is 0 Å². The van der Waals surface area contributed by atoms with Crippen molar-refractivity contribution in [2.45, 2.75) is 12.8 Å². The Hall–Kier alpha value is -1.75. The number of anilines is 1. The summed E-state index contributed by atoms with van der Waals surface area (Å²) in [6.07, 6.45) is 2.10. The summed E-state index contributed by atoms with van der Waals surface area (Å²) in [6, 6.07) is 3.43. The van der Waals surface area contributed by atoms with Gasteiger partial charge in [-0.1, -0.05) is 11.6 Å². The fourth-order valence-electron chi connectivity index (χ4n) is 1.52. The number of aryl methyl sites for hydroxylation is 1. The Morgan fingerprint density at radius 1 is 1.62 bits per heavy atom. The van der Waals surface area contributed by atoms with Gasteiger partial charge in [0.1, 0.15) is 5.82 Å². The predicted octanol–water partition coefficient (Wildman–Crippen LogP) is 1.59. The Kier molecular flexibility index (Phi) is 2.70. The number of pyridine rings is 1. The maximum Gasteiger partial charge on any atom is 0.303 e. The van der Waals surface area contributed by atoms with Gasteiger partial charge in [0.25, 0.3) is 0 Å². The zero-order valence-corrected chi connectivity index (χ0v) is 9.11. The van der Waals surface area contributed by atoms with E-state index >= 15 is 0 Å². The van der Waals surface area contributed by atoms with Crippen LogP contribution in [-0.2, 0) is 11.2 Å². The van der Waals surface area contributed by atoms with Gasteiger partial charge in [-0.15, -0.1) is 0 Å². The summed E-state index contributed by atoms with van der Waals surface area (Å²) in [5, 5.41) is 8.95. The molecule has 6 heteroatoms. The van der Waals surface area contributed by atoms with E-state index in [-0.39, 0.29) is 6.42 Å². The zero-order chi connectivity index (χ0) is 11.7. The molecule has 2 aromatic heterocycles. The van der Waals surface area contributed by atoms with Gasteiger partial charge in [-0.25, -0.2) is 4.98 Å². The normalized spacial score (nSPS) is 10.8. The smallest absolute Gasteiger partial charge is 0.303 e. The van der Waals surface area contributed by atoms with Crippen molar-refractivity contribution in [1.82, 2.24) is 9.38 Å². The fourth-order valence-corrected chi connectivity index (χ4v) is 1.76. The molecule has 3 N–H and O–H groups in total. The second kappa shape index (κ2) is 4.02. The summed E-state index contributed by atoms with van der Waals surface area (Å²) >= 11 is 5.93. The number of hydrogen-bond donors (Lipinski definition) is 2. The van der Waals surface area contributed by atoms with E-state index in [9.17, 15) is 4.79 Å². The molecule has 0 atom stereocenters. The summed E-state index contributed by atoms with van der Waals surface area (Å²) in [5.74, 6) is -0.231. The van der Waals surface area contributed by atoms with Crippen molar-refractivity contribution in [1.29, 1.82) is 0 Å². The molecule has 5 nitrogen and oxygen atoms in total. The molecule has 16 heavy (non-hydrogen) atoms. The van der Waals surface area contributed by atoms with Gasteiger partial charge in [0.05, 0.1) is 11.9 Å². The van der Waals surface area contributed by atoms with E-state index in [1.807, 2.05) is 0 Å². The third kappa shape index (κ3) is 1.94. The Morgan fingerprint density at radius 2 is 2.38 bits per heavy atom. The number of carbonyl (C=O) groups is 1. The molecule has 2 aromatic rings. The van der Waals surface area contributed by atoms with Crippen LogP contribution in [0.1, 0.15) is 12.2 Å². The number of fused-ring (bicyclic) bond motifs is 1. The lowest BCUT2D eigenvalue weighted by atomic mass is 10.3. The molecule has 84 valence electrons. The molecular formula is C10H10ClN3O2. The SMILES string of the molecule is Nc1ccn2c(CCC(=O)O)nc(Cl)c2c1. The van der Waals surface area contributed by atoms with E-state index < -0.39 is 5.97 Å². The Morgan fingerprint density at radius 3 is 3.06 bits per heavy atom. The number of nitrogens with zero attached hydrogens (tertiary/aromatic N) is 2. The lowest BCUT2D eigenvalue weighted by Crippen LogP contribution is -2.01. The Balaban J connectivity index is 2.43. The maximum absolute atomic E-state index is 10.5. The summed E-state index contributed by atoms with van der Waals surface area (Å²) in [5.41, 5.74) is 6.92. The van der Waals surface area contributed by atoms with Crippen LogP contribution in [0.25, 0.3) is 5.52 Å². The van der Waals surface area contributed by atoms with Crippen LogP contribution in [0.3, 0.4) is 0 Å². The molecule has 0 aliphatic rings. The van der Waals surface area contributed by atoms with Crippen molar-refractivity contribution in [2.24, 2.45) is 0 Å². The standard InChI is InChI=1S/C10H10ClN3O2/c11-10-7-5-6(12)3-4-14(7)8(13-10)1-2-9(15)16/h3-5H,1-2,12H2,(H,15,16). The lowest BCUT2D eigenvalue weighted by Gasteiger charge is -2.00. The highest BCUT2D eigenvalue weighted by Gasteiger charge is 2.10. The van der Waals surface area contributed by atoms with E-state index in [1.165, 1.54) is 0 Å². The van der Waals surface area contributed by atoms with Crippen molar-refractivity contribution in [3.63, 3.8) is 0 Å². The first-order chi connectivity index (χ1) is 7.58. The monoisotopic (exact) mass is 239 g/mol. The molecule has 0 aromatic carbocycles. The van der Waals surface area contributed by atoms with Crippen LogP contribution in [0.15, 0.2) is 18.3 Å². The molecule has 0 radical (unpaired) electrons. The molecule has 2 rings (SSSR count). The van der Waals surface area contributed by atoms with E-state index in [2.05, 4.69) is 4.98 Å². The van der Waals surface area contributed by atoms with Gasteiger partial charge in [-0.3, -0.25) is 4.79 Å². The molecule has 0 unspecified atom stereocenters. The van der Waals surface area contributed by atoms with Gasteiger partial charge in [-0.2, -0.15) is 0 Å². The van der Waals surface area contributed by atoms with Crippen molar-refractivity contribution in [3.05, 3.63) is 29.3 Å². The minimum absolute atomic E-state index is 0.0276. The van der Waals surface area contributed by atoms with Crippen LogP contribution < -0.4 is 5.73 Å². The van der Waals surface area contributed by atoms with Crippen molar-refractivity contribution in [3.8, 4) is 0 Å². The molecule has 0 aliphatic heterocycles. The first-order valence-electron chi connectivity index (χ1n) is 4.71. The van der Waals surface area contributed by atoms with Crippen LogP contribution in [-0.4, -0.2) is 20.5 Å². The largest absolute Gasteiger partial charge is 0.481 e. The van der Waals surface area contributed by atoms with Crippen LogP contribution in [0, 0.1) is 0 Å². The Labute approximate surface area is 96.5 Å². The number of aliphatic carboxylic acids is 1. The number of aromatic nitrogens is 2. The minimum Gasteiger partial charge on any atom is -0.481 e. The molecule has 0 bridgehead atoms. The number of halogens is 1. The van der Waals surface area contributed by atoms with Gasteiger partial charge in [0.2, 0.25) is 0 Å². The number of imidazole rings is 1. The van der Waals surface area contributed by atoms with Crippen LogP contribution in [0.5, 0.6) is 0 Å². The van der Waals surface area contributed by atoms with Gasteiger partial charge in [-0.05, 0) is 12.1 Å². The maximum atomic E-state index is 10.5. The number of carboxylic acids is 1. The first-order valence-corrected chi connectivity index (χ1v) is 5.09. The topological polar surface area (TPSA) is 80.6 Å². The van der Waals surface area contributed by atoms with Gasteiger partial charge in [0.15, 0.2) is 5.15 Å². The number of hydrogen-bond acceptors (Lipinski definition) is 3. The molecule has 0 fully saturated rings. The van der Waals surface area contributed by atoms with E-state index in [1.54, 1.807) is 22.7 Å². The molecule has 0 amide bonds. The summed E-state index contributed by atoms with van der Waals surface area (Å²) < 4.78 is 1.75. The van der Waals surface area contributed by atoms with Gasteiger partial charge >= 0.3 is 5.97 Å². The highest BCUT2D eigenvalue weighted by atomic mass is 35.5. The molecule has 0 saturated carbocycles. The average molecular weight is 240 g/mol. The molecule has 0 saturated heterocycles. The summed E-state index contributed by atoms with van der Waals surface area (Å²) in [7, 11) is 0. The van der Waals surface area contributed by atoms with Crippen LogP contribution in [0.4, 0.5) is 5.69 Å². The number of nitrogens with two attached hydrogens (primary N) is 1. The van der Waals surface area contributed by atoms with Crippen molar-refractivity contribution < 1.29 is 9.90 Å². The predicted molar refractivity (Wildman–Crippen MR) is 60.6 cm³/mol. The van der Waals surface area contributed by atoms with E-state index in [0.29, 0.717) is 28.6 Å². The van der Waals surface area contributed by atoms with Crippen LogP contribution in [0.2, 0.25) is 5.15 Å². The summed E-state index contributed by atoms with van der Waals surface area (Å²) in [6.45, 7) is 0. The molecule has 0 spiro atoms. The lowest BCUT2D eigenvalue weighted by molar-refractivity contribution is -0.137. The molecule has 0 aliphatic carbocycles. The van der Waals surface area contributed by atoms with Crippen LogP contribution >= 0.6 is 11.6 Å². The Bertz CT molecular complexity index is 550. The highest BCUT2D eigenvalue weighted by Crippen LogP contribution is 2.21. The zero-order valence-electron chi connectivity index (χ0n) is 8.35. The third-order valence-corrected chi connectivity index (χ3v) is 2.54. The van der Waals surface area contributed by atoms with Crippen molar-refractivity contribution >= 4 is 28.8 Å². The highest BCUT2D eigenvalue weighted by molar-refractivity contribution is 6.32. The number of carboxylic acid groups (broad SMARTS) is 1. The fraction of sp³-hybridized carbons (Fsp3) is 0.200. The minimum atomic E-state index is -0.858. The number of nitrogen functional groups attached to an aromatic ring is 1. The first kappa shape index (κ1) is 10.8. The second-order valence-corrected chi connectivity index (χ2v) is 3.79. The van der Waals surface area contributed by atoms with Gasteiger partial charge in [0, 0.05) is 18.3 Å².